The number of nitrogen functional groups attached to an aromatic ring is 1. The number of rotatable bonds is 13. The third-order valence-corrected chi connectivity index (χ3v) is 16.1. The summed E-state index contributed by atoms with van der Waals surface area (Å²) in [4.78, 5) is 84.1. The minimum atomic E-state index is -5.09. The molecule has 7 heterocycles. The number of nitrogens with two attached hydrogens (primary N) is 1. The molecular weight excluding hydrogens is 929 g/mol. The zero-order valence-electron chi connectivity index (χ0n) is 35.9. The summed E-state index contributed by atoms with van der Waals surface area (Å²) < 4.78 is 83.0. The highest BCUT2D eigenvalue weighted by molar-refractivity contribution is 8.54. The molecule has 5 aromatic rings. The second-order valence-corrected chi connectivity index (χ2v) is 21.9. The Kier molecular flexibility index (Phi) is 14.0. The Bertz CT molecular complexity index is 2780. The molecule has 11 atom stereocenters. The maximum Gasteiger partial charge on any atom is 0.472 e. The van der Waals surface area contributed by atoms with Crippen LogP contribution >= 0.6 is 26.0 Å². The van der Waals surface area contributed by atoms with Crippen LogP contribution in [0.25, 0.3) is 22.3 Å². The molecule has 3 aliphatic heterocycles. The third-order valence-electron chi connectivity index (χ3n) is 11.4. The van der Waals surface area contributed by atoms with E-state index >= 15 is 4.39 Å². The van der Waals surface area contributed by atoms with Gasteiger partial charge in [-0.2, -0.15) is 0 Å². The van der Waals surface area contributed by atoms with Crippen molar-refractivity contribution in [2.75, 3.05) is 18.9 Å². The van der Waals surface area contributed by atoms with E-state index in [0.29, 0.717) is 11.1 Å². The standard InChI is InChI=1S/C39H47FN10O13P2S/c1-19(2)24(9-20(3)51)37(53)48-21(4)25(52)10-22-5-7-23(8-6-22)14-66-65(57)59-13-28-33(30(40)39(61-28)50-18-46-31-34(41)42-15-43-35(31)50)63-64(55,56)58-12-27-26(62-65)11-29(60-27)49-17-47-32-36(49)44-16-45-38(32)54/h5-8,15-19,21,24,26-30,33,39H,9-14H2,1-4H3,(H,48,53)(H,55,56)(H2,41,42,43)(H,44,45,54)/t21-,24-,26-,27+,28+,29+,30+,33+,39+,65?/m0/s1. The fourth-order valence-corrected chi connectivity index (χ4v) is 12.2. The van der Waals surface area contributed by atoms with Crippen molar-refractivity contribution in [2.45, 2.75) is 102 Å². The number of nitrogens with zero attached hydrogens (tertiary/aromatic N) is 7. The number of H-pyrrole nitrogens is 1. The van der Waals surface area contributed by atoms with E-state index in [1.807, 2.05) is 13.8 Å². The van der Waals surface area contributed by atoms with E-state index in [1.54, 1.807) is 31.2 Å². The number of hydrogen-bond donors (Lipinski definition) is 4. The van der Waals surface area contributed by atoms with Crippen molar-refractivity contribution in [3.05, 3.63) is 71.1 Å². The highest BCUT2D eigenvalue weighted by Crippen LogP contribution is 2.64. The number of carbonyl (C=O) groups excluding carboxylic acids is 3. The van der Waals surface area contributed by atoms with Gasteiger partial charge in [-0.3, -0.25) is 41.6 Å². The van der Waals surface area contributed by atoms with E-state index < -0.39 is 88.4 Å². The molecule has 0 spiro atoms. The summed E-state index contributed by atoms with van der Waals surface area (Å²) in [5.41, 5.74) is 7.16. The Morgan fingerprint density at radius 1 is 0.939 bits per heavy atom. The predicted octanol–water partition coefficient (Wildman–Crippen LogP) is 3.89. The number of ether oxygens (including phenoxy) is 2. The van der Waals surface area contributed by atoms with Gasteiger partial charge in [-0.1, -0.05) is 38.1 Å². The van der Waals surface area contributed by atoms with Gasteiger partial charge < -0.3 is 35.2 Å². The van der Waals surface area contributed by atoms with E-state index in [0.717, 1.165) is 17.7 Å². The molecule has 0 radical (unpaired) electrons. The second-order valence-electron chi connectivity index (χ2n) is 16.5. The number of Topliss-reactive ketones (excluding diaryl/α,β-unsaturated/α-hetero) is 2. The van der Waals surface area contributed by atoms with E-state index in [9.17, 15) is 33.2 Å². The highest BCUT2D eigenvalue weighted by atomic mass is 32.7. The van der Waals surface area contributed by atoms with Crippen LogP contribution in [0, 0.1) is 11.8 Å². The fourth-order valence-electron chi connectivity index (χ4n) is 7.82. The van der Waals surface area contributed by atoms with Crippen LogP contribution < -0.4 is 16.6 Å². The average Bonchev–Trinajstić information content (AvgIpc) is 4.06. The molecule has 3 aliphatic rings. The quantitative estimate of drug-likeness (QED) is 0.122. The van der Waals surface area contributed by atoms with Crippen LogP contribution in [-0.4, -0.2) is 111 Å². The lowest BCUT2D eigenvalue weighted by atomic mass is 9.89. The lowest BCUT2D eigenvalue weighted by Crippen LogP contribution is -2.44. The minimum Gasteiger partial charge on any atom is -0.382 e. The Morgan fingerprint density at radius 3 is 2.38 bits per heavy atom. The number of fused-ring (bicyclic) bond motifs is 4. The molecule has 1 aromatic carbocycles. The van der Waals surface area contributed by atoms with E-state index in [-0.39, 0.29) is 76.6 Å². The van der Waals surface area contributed by atoms with Crippen LogP contribution in [-0.2, 0) is 63.3 Å². The van der Waals surface area contributed by atoms with Crippen LogP contribution in [0.4, 0.5) is 10.2 Å². The van der Waals surface area contributed by atoms with Crippen molar-refractivity contribution in [1.82, 2.24) is 44.4 Å². The minimum absolute atomic E-state index is 0.00177. The number of carbonyl (C=O) groups is 3. The van der Waals surface area contributed by atoms with Crippen LogP contribution in [0.15, 0.2) is 54.4 Å². The molecule has 0 bridgehead atoms. The van der Waals surface area contributed by atoms with Gasteiger partial charge >= 0.3 is 14.6 Å². The molecule has 1 amide bonds. The first-order chi connectivity index (χ1) is 31.4. The van der Waals surface area contributed by atoms with E-state index in [1.165, 1.54) is 35.0 Å². The van der Waals surface area contributed by atoms with Crippen molar-refractivity contribution in [3.63, 3.8) is 0 Å². The number of imidazole rings is 2. The molecule has 354 valence electrons. The average molecular weight is 977 g/mol. The highest BCUT2D eigenvalue weighted by Gasteiger charge is 2.53. The number of phosphoric ester groups is 1. The first-order valence-electron chi connectivity index (χ1n) is 20.8. The zero-order valence-corrected chi connectivity index (χ0v) is 38.5. The van der Waals surface area contributed by atoms with Gasteiger partial charge in [0, 0.05) is 30.9 Å². The monoisotopic (exact) mass is 976 g/mol. The number of phosphoric acid groups is 1. The van der Waals surface area contributed by atoms with Gasteiger partial charge in [0.25, 0.3) is 5.56 Å². The smallest absolute Gasteiger partial charge is 0.382 e. The number of benzene rings is 1. The van der Waals surface area contributed by atoms with Gasteiger partial charge in [0.2, 0.25) is 5.91 Å². The number of ketones is 2. The van der Waals surface area contributed by atoms with Gasteiger partial charge in [0.1, 0.15) is 48.3 Å². The van der Waals surface area contributed by atoms with Crippen LogP contribution in [0.3, 0.4) is 0 Å². The first-order valence-corrected chi connectivity index (χ1v) is 25.4. The first kappa shape index (κ1) is 47.7. The van der Waals surface area contributed by atoms with Gasteiger partial charge in [-0.25, -0.2) is 38.4 Å². The van der Waals surface area contributed by atoms with Gasteiger partial charge in [0.05, 0.1) is 38.2 Å². The summed E-state index contributed by atoms with van der Waals surface area (Å²) in [6, 6.07) is 6.06. The van der Waals surface area contributed by atoms with Gasteiger partial charge in [-0.05, 0) is 42.3 Å². The summed E-state index contributed by atoms with van der Waals surface area (Å²) in [5.74, 6) is -1.34. The number of alkyl halides is 1. The Morgan fingerprint density at radius 2 is 1.64 bits per heavy atom. The SMILES string of the molecule is CC(=O)C[C@H](C(=O)N[C@@H](C)C(=O)Cc1ccc(CSP2(=O)OC[C@H]3O[C@@H](n4cnc5c(N)ncnc54)[C@H](F)[C@@H]3OP(=O)(O)OC[C@H]3O[C@@H](n4cnc5c(=O)[nH]cnc54)C[C@@H]3O2)cc1)C(C)C. The summed E-state index contributed by atoms with van der Waals surface area (Å²) >= 11 is 0.792. The lowest BCUT2D eigenvalue weighted by molar-refractivity contribution is -0.132. The number of aromatic amines is 1. The van der Waals surface area contributed by atoms with Gasteiger partial charge in [-0.15, -0.1) is 0 Å². The van der Waals surface area contributed by atoms with Crippen LogP contribution in [0.1, 0.15) is 64.1 Å². The normalized spacial score (nSPS) is 29.2. The number of nitrogens with one attached hydrogen (secondary N) is 2. The van der Waals surface area contributed by atoms with Crippen LogP contribution in [0.2, 0.25) is 0 Å². The number of aromatic nitrogens is 8. The summed E-state index contributed by atoms with van der Waals surface area (Å²) in [7, 11) is -5.09. The second kappa shape index (κ2) is 19.4. The molecule has 4 aromatic heterocycles. The molecule has 8 rings (SSSR count). The number of halogens is 1. The van der Waals surface area contributed by atoms with E-state index in [2.05, 4.69) is 35.2 Å². The molecule has 5 N–H and O–H groups in total. The number of anilines is 1. The number of amides is 1. The van der Waals surface area contributed by atoms with Gasteiger partial charge in [0.15, 0.2) is 40.8 Å². The van der Waals surface area contributed by atoms with Crippen molar-refractivity contribution in [1.29, 1.82) is 0 Å². The zero-order chi connectivity index (χ0) is 47.1. The topological polar surface area (TPSA) is 306 Å². The maximum atomic E-state index is 16.5. The number of hydrogen-bond acceptors (Lipinski definition) is 19. The molecular formula is C39H47FN10O13P2S. The summed E-state index contributed by atoms with van der Waals surface area (Å²) in [6.45, 7) is 1.01. The molecule has 3 saturated heterocycles. The maximum absolute atomic E-state index is 16.5. The fraction of sp³-hybridized carbons (Fsp3) is 0.513. The van der Waals surface area contributed by atoms with Crippen LogP contribution in [0.5, 0.6) is 0 Å². The molecule has 0 saturated carbocycles. The third kappa shape index (κ3) is 10.3. The Labute approximate surface area is 379 Å². The molecule has 2 unspecified atom stereocenters. The van der Waals surface area contributed by atoms with Crippen molar-refractivity contribution >= 4 is 71.6 Å². The molecule has 66 heavy (non-hydrogen) atoms. The molecule has 27 heteroatoms. The summed E-state index contributed by atoms with van der Waals surface area (Å²) in [6.07, 6.45) is -5.38. The molecule has 3 fully saturated rings. The Hall–Kier alpha value is -4.81. The predicted molar refractivity (Wildman–Crippen MR) is 232 cm³/mol. The largest absolute Gasteiger partial charge is 0.472 e. The van der Waals surface area contributed by atoms with Crippen molar-refractivity contribution < 1.29 is 60.4 Å². The molecule has 23 nitrogen and oxygen atoms in total. The van der Waals surface area contributed by atoms with Crippen molar-refractivity contribution in [3.8, 4) is 0 Å². The Balaban J connectivity index is 1.01. The summed E-state index contributed by atoms with van der Waals surface area (Å²) in [5, 5.41) is 2.74. The molecule has 0 aliphatic carbocycles. The van der Waals surface area contributed by atoms with E-state index in [4.69, 9.17) is 33.3 Å². The van der Waals surface area contributed by atoms with Crippen molar-refractivity contribution in [2.24, 2.45) is 11.8 Å². The lowest BCUT2D eigenvalue weighted by Gasteiger charge is -2.28.